The van der Waals surface area contributed by atoms with Crippen molar-refractivity contribution in [2.75, 3.05) is 6.61 Å². The number of carbonyl (C=O) groups excluding carboxylic acids is 1. The fraction of sp³-hybridized carbons (Fsp3) is 0.364. The number of halogens is 3. The van der Waals surface area contributed by atoms with Gasteiger partial charge in [-0.05, 0) is 19.1 Å². The summed E-state index contributed by atoms with van der Waals surface area (Å²) in [5, 5.41) is 11.0. The van der Waals surface area contributed by atoms with Crippen molar-refractivity contribution in [1.82, 2.24) is 5.32 Å². The first kappa shape index (κ1) is 13.5. The Bertz CT molecular complexity index is 404. The Morgan fingerprint density at radius 1 is 1.41 bits per heavy atom. The molecule has 3 nitrogen and oxygen atoms in total. The third kappa shape index (κ3) is 3.45. The number of nitrogens with one attached hydrogen (secondary N) is 1. The summed E-state index contributed by atoms with van der Waals surface area (Å²) in [6.45, 7) is 1.16. The van der Waals surface area contributed by atoms with Crippen LogP contribution in [0, 0.1) is 0 Å². The predicted molar refractivity (Wildman–Crippen MR) is 55.5 cm³/mol. The SMILES string of the molecule is CC(CO)NC(=O)c1ccccc1C(F)(F)F. The van der Waals surface area contributed by atoms with Crippen molar-refractivity contribution in [3.8, 4) is 0 Å². The highest BCUT2D eigenvalue weighted by Gasteiger charge is 2.34. The molecule has 6 heteroatoms. The summed E-state index contributed by atoms with van der Waals surface area (Å²) in [4.78, 5) is 11.6. The van der Waals surface area contributed by atoms with E-state index in [1.807, 2.05) is 0 Å². The Morgan fingerprint density at radius 2 is 2.00 bits per heavy atom. The van der Waals surface area contributed by atoms with Crippen LogP contribution in [0.25, 0.3) is 0 Å². The van der Waals surface area contributed by atoms with Crippen molar-refractivity contribution in [1.29, 1.82) is 0 Å². The maximum atomic E-state index is 12.6. The van der Waals surface area contributed by atoms with Gasteiger partial charge in [0.2, 0.25) is 0 Å². The summed E-state index contributed by atoms with van der Waals surface area (Å²) in [5.41, 5.74) is -1.43. The molecular weight excluding hydrogens is 235 g/mol. The van der Waals surface area contributed by atoms with E-state index in [-0.39, 0.29) is 6.61 Å². The van der Waals surface area contributed by atoms with E-state index in [1.165, 1.54) is 19.1 Å². The average molecular weight is 247 g/mol. The molecule has 1 unspecified atom stereocenters. The van der Waals surface area contributed by atoms with Crippen molar-refractivity contribution >= 4 is 5.91 Å². The highest BCUT2D eigenvalue weighted by molar-refractivity contribution is 5.96. The van der Waals surface area contributed by atoms with Gasteiger partial charge in [0.1, 0.15) is 0 Å². The van der Waals surface area contributed by atoms with Crippen LogP contribution in [-0.2, 0) is 6.18 Å². The first-order chi connectivity index (χ1) is 7.86. The molecule has 0 radical (unpaired) electrons. The van der Waals surface area contributed by atoms with Gasteiger partial charge in [0, 0.05) is 6.04 Å². The molecule has 0 aliphatic carbocycles. The van der Waals surface area contributed by atoms with Crippen LogP contribution in [0.2, 0.25) is 0 Å². The van der Waals surface area contributed by atoms with Crippen LogP contribution in [0.4, 0.5) is 13.2 Å². The van der Waals surface area contributed by atoms with Crippen molar-refractivity contribution in [2.24, 2.45) is 0 Å². The summed E-state index contributed by atoms with van der Waals surface area (Å²) in [7, 11) is 0. The molecule has 0 spiro atoms. The largest absolute Gasteiger partial charge is 0.417 e. The van der Waals surface area contributed by atoms with Gasteiger partial charge in [-0.15, -0.1) is 0 Å². The molecule has 0 saturated carbocycles. The number of hydrogen-bond donors (Lipinski definition) is 2. The molecule has 1 aromatic carbocycles. The minimum absolute atomic E-state index is 0.333. The minimum atomic E-state index is -4.57. The van der Waals surface area contributed by atoms with Gasteiger partial charge in [-0.2, -0.15) is 13.2 Å². The lowest BCUT2D eigenvalue weighted by Crippen LogP contribution is -2.36. The van der Waals surface area contributed by atoms with Crippen LogP contribution in [0.3, 0.4) is 0 Å². The fourth-order valence-electron chi connectivity index (χ4n) is 1.28. The van der Waals surface area contributed by atoms with Crippen LogP contribution in [-0.4, -0.2) is 23.7 Å². The van der Waals surface area contributed by atoms with Crippen LogP contribution < -0.4 is 5.32 Å². The standard InChI is InChI=1S/C11H12F3NO2/c1-7(6-16)15-10(17)8-4-2-3-5-9(8)11(12,13)14/h2-5,7,16H,6H2,1H3,(H,15,17). The van der Waals surface area contributed by atoms with E-state index in [0.717, 1.165) is 12.1 Å². The minimum Gasteiger partial charge on any atom is -0.394 e. The molecule has 1 atom stereocenters. The van der Waals surface area contributed by atoms with Gasteiger partial charge in [-0.3, -0.25) is 4.79 Å². The third-order valence-corrected chi connectivity index (χ3v) is 2.13. The van der Waals surface area contributed by atoms with E-state index in [2.05, 4.69) is 5.32 Å². The number of benzene rings is 1. The zero-order chi connectivity index (χ0) is 13.1. The van der Waals surface area contributed by atoms with Gasteiger partial charge in [-0.1, -0.05) is 12.1 Å². The van der Waals surface area contributed by atoms with Crippen molar-refractivity contribution in [2.45, 2.75) is 19.1 Å². The molecular formula is C11H12F3NO2. The fourth-order valence-corrected chi connectivity index (χ4v) is 1.28. The zero-order valence-electron chi connectivity index (χ0n) is 9.08. The predicted octanol–water partition coefficient (Wildman–Crippen LogP) is 1.82. The maximum absolute atomic E-state index is 12.6. The van der Waals surface area contributed by atoms with Gasteiger partial charge in [0.05, 0.1) is 17.7 Å². The van der Waals surface area contributed by atoms with Crippen molar-refractivity contribution < 1.29 is 23.1 Å². The number of rotatable bonds is 3. The molecule has 0 bridgehead atoms. The summed E-state index contributed by atoms with van der Waals surface area (Å²) < 4.78 is 37.8. The molecule has 0 fully saturated rings. The highest BCUT2D eigenvalue weighted by Crippen LogP contribution is 2.31. The van der Waals surface area contributed by atoms with Crippen LogP contribution in [0.5, 0.6) is 0 Å². The molecule has 1 rings (SSSR count). The zero-order valence-corrected chi connectivity index (χ0v) is 9.08. The topological polar surface area (TPSA) is 49.3 Å². The Balaban J connectivity index is 3.02. The van der Waals surface area contributed by atoms with Crippen LogP contribution in [0.15, 0.2) is 24.3 Å². The lowest BCUT2D eigenvalue weighted by molar-refractivity contribution is -0.137. The first-order valence-electron chi connectivity index (χ1n) is 4.94. The third-order valence-electron chi connectivity index (χ3n) is 2.13. The Kier molecular flexibility index (Phi) is 4.11. The Labute approximate surface area is 96.3 Å². The van der Waals surface area contributed by atoms with Gasteiger partial charge < -0.3 is 10.4 Å². The second-order valence-electron chi connectivity index (χ2n) is 3.60. The number of aliphatic hydroxyl groups excluding tert-OH is 1. The van der Waals surface area contributed by atoms with Gasteiger partial charge in [0.25, 0.3) is 5.91 Å². The van der Waals surface area contributed by atoms with E-state index < -0.39 is 29.3 Å². The molecule has 2 N–H and O–H groups in total. The van der Waals surface area contributed by atoms with Crippen LogP contribution in [0.1, 0.15) is 22.8 Å². The summed E-state index contributed by atoms with van der Waals surface area (Å²) >= 11 is 0. The first-order valence-corrected chi connectivity index (χ1v) is 4.94. The van der Waals surface area contributed by atoms with Gasteiger partial charge in [0.15, 0.2) is 0 Å². The Morgan fingerprint density at radius 3 is 2.53 bits per heavy atom. The van der Waals surface area contributed by atoms with E-state index in [0.29, 0.717) is 0 Å². The number of hydrogen-bond acceptors (Lipinski definition) is 2. The van der Waals surface area contributed by atoms with Gasteiger partial charge >= 0.3 is 6.18 Å². The molecule has 0 aliphatic heterocycles. The quantitative estimate of drug-likeness (QED) is 0.855. The molecule has 0 heterocycles. The Hall–Kier alpha value is -1.56. The average Bonchev–Trinajstić information content (AvgIpc) is 2.27. The normalized spacial score (nSPS) is 13.2. The second-order valence-corrected chi connectivity index (χ2v) is 3.60. The molecule has 0 aromatic heterocycles. The van der Waals surface area contributed by atoms with Crippen LogP contribution >= 0.6 is 0 Å². The molecule has 0 aliphatic rings. The molecule has 1 aromatic rings. The molecule has 17 heavy (non-hydrogen) atoms. The lowest BCUT2D eigenvalue weighted by atomic mass is 10.1. The van der Waals surface area contributed by atoms with Crippen molar-refractivity contribution in [3.05, 3.63) is 35.4 Å². The maximum Gasteiger partial charge on any atom is 0.417 e. The number of amides is 1. The second kappa shape index (κ2) is 5.18. The van der Waals surface area contributed by atoms with Gasteiger partial charge in [-0.25, -0.2) is 0 Å². The number of aliphatic hydroxyl groups is 1. The lowest BCUT2D eigenvalue weighted by Gasteiger charge is -2.15. The van der Waals surface area contributed by atoms with E-state index in [4.69, 9.17) is 5.11 Å². The van der Waals surface area contributed by atoms with E-state index >= 15 is 0 Å². The smallest absolute Gasteiger partial charge is 0.394 e. The van der Waals surface area contributed by atoms with Crippen molar-refractivity contribution in [3.63, 3.8) is 0 Å². The number of alkyl halides is 3. The van der Waals surface area contributed by atoms with E-state index in [1.54, 1.807) is 0 Å². The summed E-state index contributed by atoms with van der Waals surface area (Å²) in [6, 6.07) is 3.92. The highest BCUT2D eigenvalue weighted by atomic mass is 19.4. The monoisotopic (exact) mass is 247 g/mol. The van der Waals surface area contributed by atoms with E-state index in [9.17, 15) is 18.0 Å². The summed E-state index contributed by atoms with van der Waals surface area (Å²) in [6.07, 6.45) is -4.57. The summed E-state index contributed by atoms with van der Waals surface area (Å²) in [5.74, 6) is -0.848. The molecule has 1 amide bonds. The number of carbonyl (C=O) groups is 1. The molecule has 0 saturated heterocycles. The molecule has 94 valence electrons.